The summed E-state index contributed by atoms with van der Waals surface area (Å²) in [5.41, 5.74) is 0. The van der Waals surface area contributed by atoms with Gasteiger partial charge in [0.25, 0.3) is 9.05 Å². The average molecular weight is 265 g/mol. The molecule has 0 aliphatic rings. The first-order valence-electron chi connectivity index (χ1n) is 4.71. The van der Waals surface area contributed by atoms with Crippen molar-refractivity contribution in [2.24, 2.45) is 0 Å². The summed E-state index contributed by atoms with van der Waals surface area (Å²) >= 11 is 0. The lowest BCUT2D eigenvalue weighted by Gasteiger charge is -2.08. The Balaban J connectivity index is 2.73. The van der Waals surface area contributed by atoms with E-state index in [-0.39, 0.29) is 10.6 Å². The topological polar surface area (TPSA) is 52.6 Å². The third-order valence-corrected chi connectivity index (χ3v) is 3.22. The van der Waals surface area contributed by atoms with Crippen molar-refractivity contribution in [2.75, 3.05) is 20.3 Å². The molecule has 0 saturated heterocycles. The number of methoxy groups -OCH3 is 1. The number of para-hydroxylation sites is 1. The van der Waals surface area contributed by atoms with E-state index in [2.05, 4.69) is 0 Å². The summed E-state index contributed by atoms with van der Waals surface area (Å²) in [5.74, 6) is 0.272. The van der Waals surface area contributed by atoms with Gasteiger partial charge in [-0.3, -0.25) is 0 Å². The van der Waals surface area contributed by atoms with Crippen LogP contribution in [0.3, 0.4) is 0 Å². The summed E-state index contributed by atoms with van der Waals surface area (Å²) < 4.78 is 32.6. The van der Waals surface area contributed by atoms with Crippen LogP contribution in [-0.4, -0.2) is 28.7 Å². The van der Waals surface area contributed by atoms with Gasteiger partial charge in [-0.15, -0.1) is 0 Å². The van der Waals surface area contributed by atoms with Gasteiger partial charge in [0.15, 0.2) is 0 Å². The number of halogens is 1. The van der Waals surface area contributed by atoms with Crippen molar-refractivity contribution >= 4 is 19.7 Å². The van der Waals surface area contributed by atoms with E-state index in [1.54, 1.807) is 25.3 Å². The van der Waals surface area contributed by atoms with Crippen LogP contribution in [-0.2, 0) is 13.8 Å². The Morgan fingerprint density at radius 2 is 1.94 bits per heavy atom. The van der Waals surface area contributed by atoms with Crippen LogP contribution in [0.15, 0.2) is 29.2 Å². The molecule has 1 aromatic rings. The first-order chi connectivity index (χ1) is 7.55. The minimum atomic E-state index is -3.76. The van der Waals surface area contributed by atoms with Gasteiger partial charge in [0.2, 0.25) is 0 Å². The van der Waals surface area contributed by atoms with Crippen molar-refractivity contribution in [3.05, 3.63) is 24.3 Å². The van der Waals surface area contributed by atoms with E-state index < -0.39 is 9.05 Å². The molecule has 0 aliphatic heterocycles. The van der Waals surface area contributed by atoms with Gasteiger partial charge < -0.3 is 9.47 Å². The molecule has 0 aromatic heterocycles. The highest BCUT2D eigenvalue weighted by atomic mass is 35.7. The summed E-state index contributed by atoms with van der Waals surface area (Å²) in [6.45, 7) is 0.951. The second-order valence-corrected chi connectivity index (χ2v) is 5.61. The van der Waals surface area contributed by atoms with E-state index in [0.29, 0.717) is 19.6 Å². The molecule has 90 valence electrons. The molecule has 0 unspecified atom stereocenters. The molecule has 6 heteroatoms. The van der Waals surface area contributed by atoms with Gasteiger partial charge in [-0.2, -0.15) is 0 Å². The highest BCUT2D eigenvalue weighted by Gasteiger charge is 2.15. The van der Waals surface area contributed by atoms with E-state index in [4.69, 9.17) is 20.2 Å². The van der Waals surface area contributed by atoms with Gasteiger partial charge in [0.1, 0.15) is 10.6 Å². The van der Waals surface area contributed by atoms with Gasteiger partial charge in [0, 0.05) is 30.8 Å². The third-order valence-electron chi connectivity index (χ3n) is 1.86. The first kappa shape index (κ1) is 13.3. The Morgan fingerprint density at radius 1 is 1.25 bits per heavy atom. The van der Waals surface area contributed by atoms with Crippen molar-refractivity contribution in [3.63, 3.8) is 0 Å². The minimum Gasteiger partial charge on any atom is -0.492 e. The van der Waals surface area contributed by atoms with Gasteiger partial charge in [0.05, 0.1) is 6.61 Å². The maximum atomic E-state index is 11.2. The van der Waals surface area contributed by atoms with E-state index in [0.717, 1.165) is 0 Å². The fourth-order valence-electron chi connectivity index (χ4n) is 1.16. The van der Waals surface area contributed by atoms with Gasteiger partial charge >= 0.3 is 0 Å². The predicted octanol–water partition coefficient (Wildman–Crippen LogP) is 2.03. The van der Waals surface area contributed by atoms with Crippen molar-refractivity contribution in [1.82, 2.24) is 0 Å². The van der Waals surface area contributed by atoms with E-state index in [9.17, 15) is 8.42 Å². The maximum absolute atomic E-state index is 11.2. The number of hydrogen-bond donors (Lipinski definition) is 0. The molecule has 0 heterocycles. The maximum Gasteiger partial charge on any atom is 0.264 e. The molecular weight excluding hydrogens is 252 g/mol. The highest BCUT2D eigenvalue weighted by Crippen LogP contribution is 2.26. The molecule has 0 amide bonds. The second-order valence-electron chi connectivity index (χ2n) is 3.08. The molecule has 1 rings (SSSR count). The van der Waals surface area contributed by atoms with Crippen molar-refractivity contribution in [1.29, 1.82) is 0 Å². The molecule has 4 nitrogen and oxygen atoms in total. The summed E-state index contributed by atoms with van der Waals surface area (Å²) in [7, 11) is 3.11. The molecule has 0 bridgehead atoms. The smallest absolute Gasteiger partial charge is 0.264 e. The van der Waals surface area contributed by atoms with Crippen molar-refractivity contribution in [2.45, 2.75) is 11.3 Å². The third kappa shape index (κ3) is 4.00. The molecule has 0 aliphatic carbocycles. The average Bonchev–Trinajstić information content (AvgIpc) is 2.24. The normalized spacial score (nSPS) is 11.4. The lowest BCUT2D eigenvalue weighted by atomic mass is 10.3. The van der Waals surface area contributed by atoms with Crippen LogP contribution >= 0.6 is 10.7 Å². The van der Waals surface area contributed by atoms with Gasteiger partial charge in [-0.05, 0) is 12.1 Å². The summed E-state index contributed by atoms with van der Waals surface area (Å²) in [5, 5.41) is 0. The number of ether oxygens (including phenoxy) is 2. The van der Waals surface area contributed by atoms with E-state index >= 15 is 0 Å². The SMILES string of the molecule is COCCCOc1ccccc1S(=O)(=O)Cl. The molecule has 0 N–H and O–H groups in total. The van der Waals surface area contributed by atoms with Crippen LogP contribution in [0.5, 0.6) is 5.75 Å². The molecular formula is C10H13ClO4S. The summed E-state index contributed by atoms with van der Waals surface area (Å²) in [4.78, 5) is -0.00548. The lowest BCUT2D eigenvalue weighted by molar-refractivity contribution is 0.171. The quantitative estimate of drug-likeness (QED) is 0.583. The largest absolute Gasteiger partial charge is 0.492 e. The molecule has 0 saturated carbocycles. The minimum absolute atomic E-state index is 0.00548. The van der Waals surface area contributed by atoms with Crippen LogP contribution in [0.2, 0.25) is 0 Å². The number of rotatable bonds is 6. The summed E-state index contributed by atoms with van der Waals surface area (Å²) in [6.07, 6.45) is 0.688. The Kier molecular flexibility index (Phi) is 5.05. The summed E-state index contributed by atoms with van der Waals surface area (Å²) in [6, 6.07) is 6.27. The number of hydrogen-bond acceptors (Lipinski definition) is 4. The first-order valence-corrected chi connectivity index (χ1v) is 7.02. The zero-order valence-corrected chi connectivity index (χ0v) is 10.4. The van der Waals surface area contributed by atoms with Crippen LogP contribution < -0.4 is 4.74 Å². The molecule has 16 heavy (non-hydrogen) atoms. The Labute approximate surface area is 99.6 Å². The monoisotopic (exact) mass is 264 g/mol. The van der Waals surface area contributed by atoms with Gasteiger partial charge in [-0.25, -0.2) is 8.42 Å². The predicted molar refractivity (Wildman–Crippen MR) is 61.5 cm³/mol. The molecule has 0 radical (unpaired) electrons. The molecule has 0 spiro atoms. The fourth-order valence-corrected chi connectivity index (χ4v) is 2.15. The standard InChI is InChI=1S/C10H13ClO4S/c1-14-7-4-8-15-9-5-2-3-6-10(9)16(11,12)13/h2-3,5-6H,4,7-8H2,1H3. The second kappa shape index (κ2) is 6.08. The zero-order chi connectivity index (χ0) is 12.0. The fraction of sp³-hybridized carbons (Fsp3) is 0.400. The Hall–Kier alpha value is -0.780. The van der Waals surface area contributed by atoms with Crippen LogP contribution in [0.1, 0.15) is 6.42 Å². The zero-order valence-electron chi connectivity index (χ0n) is 8.85. The Morgan fingerprint density at radius 3 is 2.56 bits per heavy atom. The molecule has 0 atom stereocenters. The molecule has 1 aromatic carbocycles. The number of benzene rings is 1. The Bertz CT molecular complexity index is 430. The van der Waals surface area contributed by atoms with E-state index in [1.165, 1.54) is 6.07 Å². The van der Waals surface area contributed by atoms with Crippen molar-refractivity contribution in [3.8, 4) is 5.75 Å². The lowest BCUT2D eigenvalue weighted by Crippen LogP contribution is -2.04. The van der Waals surface area contributed by atoms with Crippen molar-refractivity contribution < 1.29 is 17.9 Å². The highest BCUT2D eigenvalue weighted by molar-refractivity contribution is 8.13. The van der Waals surface area contributed by atoms with Gasteiger partial charge in [-0.1, -0.05) is 12.1 Å². The van der Waals surface area contributed by atoms with Crippen LogP contribution in [0.4, 0.5) is 0 Å². The van der Waals surface area contributed by atoms with Crippen LogP contribution in [0.25, 0.3) is 0 Å². The molecule has 0 fully saturated rings. The van der Waals surface area contributed by atoms with E-state index in [1.807, 2.05) is 0 Å². The van der Waals surface area contributed by atoms with Crippen LogP contribution in [0, 0.1) is 0 Å².